The van der Waals surface area contributed by atoms with Gasteiger partial charge in [0.15, 0.2) is 0 Å². The molecule has 0 fully saturated rings. The van der Waals surface area contributed by atoms with Crippen molar-refractivity contribution < 1.29 is 4.79 Å². The van der Waals surface area contributed by atoms with Crippen LogP contribution < -0.4 is 10.6 Å². The second kappa shape index (κ2) is 7.87. The number of carbonyl (C=O) groups excluding carboxylic acids is 1. The SMILES string of the molecule is Cc1ccccc1NC(=O)NCc1c(C)nn(Cc2ccccc2)c1C. The first kappa shape index (κ1) is 17.7. The predicted octanol–water partition coefficient (Wildman–Crippen LogP) is 4.18. The summed E-state index contributed by atoms with van der Waals surface area (Å²) in [6.07, 6.45) is 0. The van der Waals surface area contributed by atoms with Crippen LogP contribution >= 0.6 is 0 Å². The van der Waals surface area contributed by atoms with Gasteiger partial charge in [0.1, 0.15) is 0 Å². The highest BCUT2D eigenvalue weighted by Gasteiger charge is 2.13. The van der Waals surface area contributed by atoms with Gasteiger partial charge in [-0.25, -0.2) is 4.79 Å². The second-order valence-electron chi connectivity index (χ2n) is 6.42. The average molecular weight is 348 g/mol. The molecule has 134 valence electrons. The number of benzene rings is 2. The smallest absolute Gasteiger partial charge is 0.319 e. The van der Waals surface area contributed by atoms with Crippen LogP contribution in [0.15, 0.2) is 54.6 Å². The number of anilines is 1. The van der Waals surface area contributed by atoms with Gasteiger partial charge in [0.2, 0.25) is 0 Å². The summed E-state index contributed by atoms with van der Waals surface area (Å²) in [5.41, 5.74) is 6.12. The third kappa shape index (κ3) is 4.11. The lowest BCUT2D eigenvalue weighted by Crippen LogP contribution is -2.28. The number of nitrogens with one attached hydrogen (secondary N) is 2. The van der Waals surface area contributed by atoms with E-state index >= 15 is 0 Å². The molecule has 0 aliphatic rings. The van der Waals surface area contributed by atoms with E-state index in [0.717, 1.165) is 34.7 Å². The van der Waals surface area contributed by atoms with Crippen LogP contribution in [0.3, 0.4) is 0 Å². The monoisotopic (exact) mass is 348 g/mol. The van der Waals surface area contributed by atoms with Crippen LogP contribution in [0.1, 0.15) is 28.1 Å². The van der Waals surface area contributed by atoms with Gasteiger partial charge in [-0.05, 0) is 38.0 Å². The molecule has 0 spiro atoms. The molecule has 1 heterocycles. The molecule has 0 atom stereocenters. The third-order valence-electron chi connectivity index (χ3n) is 4.53. The molecule has 2 amide bonds. The van der Waals surface area contributed by atoms with Gasteiger partial charge in [0.05, 0.1) is 12.2 Å². The van der Waals surface area contributed by atoms with Crippen molar-refractivity contribution in [1.29, 1.82) is 0 Å². The Hall–Kier alpha value is -3.08. The Bertz CT molecular complexity index is 900. The fourth-order valence-electron chi connectivity index (χ4n) is 2.95. The third-order valence-corrected chi connectivity index (χ3v) is 4.53. The molecule has 26 heavy (non-hydrogen) atoms. The van der Waals surface area contributed by atoms with Crippen LogP contribution in [0.2, 0.25) is 0 Å². The van der Waals surface area contributed by atoms with Crippen LogP contribution in [0, 0.1) is 20.8 Å². The quantitative estimate of drug-likeness (QED) is 0.727. The van der Waals surface area contributed by atoms with Crippen LogP contribution in [0.4, 0.5) is 10.5 Å². The standard InChI is InChI=1S/C21H24N4O/c1-15-9-7-8-12-20(15)23-21(26)22-13-19-16(2)24-25(17(19)3)14-18-10-5-4-6-11-18/h4-12H,13-14H2,1-3H3,(H2,22,23,26). The van der Waals surface area contributed by atoms with E-state index in [1.54, 1.807) is 0 Å². The average Bonchev–Trinajstić information content (AvgIpc) is 2.89. The molecule has 0 aliphatic heterocycles. The molecule has 0 aliphatic carbocycles. The first-order valence-electron chi connectivity index (χ1n) is 8.72. The van der Waals surface area contributed by atoms with Gasteiger partial charge >= 0.3 is 6.03 Å². The maximum absolute atomic E-state index is 12.2. The minimum atomic E-state index is -0.214. The number of aromatic nitrogens is 2. The Morgan fingerprint density at radius 3 is 2.42 bits per heavy atom. The van der Waals surface area contributed by atoms with E-state index in [2.05, 4.69) is 27.9 Å². The highest BCUT2D eigenvalue weighted by molar-refractivity contribution is 5.90. The van der Waals surface area contributed by atoms with Gasteiger partial charge < -0.3 is 10.6 Å². The van der Waals surface area contributed by atoms with Crippen LogP contribution in [-0.4, -0.2) is 15.8 Å². The molecular formula is C21H24N4O. The lowest BCUT2D eigenvalue weighted by molar-refractivity contribution is 0.251. The summed E-state index contributed by atoms with van der Waals surface area (Å²) in [6, 6.07) is 17.7. The first-order valence-corrected chi connectivity index (χ1v) is 8.72. The van der Waals surface area contributed by atoms with Crippen molar-refractivity contribution in [1.82, 2.24) is 15.1 Å². The summed E-state index contributed by atoms with van der Waals surface area (Å²) >= 11 is 0. The minimum absolute atomic E-state index is 0.214. The van der Waals surface area contributed by atoms with Gasteiger partial charge in [-0.2, -0.15) is 5.10 Å². The predicted molar refractivity (Wildman–Crippen MR) is 104 cm³/mol. The van der Waals surface area contributed by atoms with Gasteiger partial charge in [-0.15, -0.1) is 0 Å². The Morgan fingerprint density at radius 2 is 1.69 bits per heavy atom. The Balaban J connectivity index is 1.65. The van der Waals surface area contributed by atoms with Crippen molar-refractivity contribution in [2.45, 2.75) is 33.9 Å². The van der Waals surface area contributed by atoms with E-state index in [4.69, 9.17) is 0 Å². The van der Waals surface area contributed by atoms with E-state index in [1.807, 2.05) is 67.9 Å². The largest absolute Gasteiger partial charge is 0.334 e. The second-order valence-corrected chi connectivity index (χ2v) is 6.42. The van der Waals surface area contributed by atoms with Crippen LogP contribution in [-0.2, 0) is 13.1 Å². The maximum atomic E-state index is 12.2. The van der Waals surface area contributed by atoms with Gasteiger partial charge in [0, 0.05) is 23.5 Å². The summed E-state index contributed by atoms with van der Waals surface area (Å²) in [6.45, 7) is 7.16. The van der Waals surface area contributed by atoms with Gasteiger partial charge in [-0.1, -0.05) is 48.5 Å². The summed E-state index contributed by atoms with van der Waals surface area (Å²) in [5, 5.41) is 10.4. The Morgan fingerprint density at radius 1 is 1.00 bits per heavy atom. The fourth-order valence-corrected chi connectivity index (χ4v) is 2.95. The van der Waals surface area contributed by atoms with E-state index in [0.29, 0.717) is 6.54 Å². The van der Waals surface area contributed by atoms with Crippen molar-refractivity contribution in [3.8, 4) is 0 Å². The lowest BCUT2D eigenvalue weighted by atomic mass is 10.2. The molecule has 0 unspecified atom stereocenters. The number of nitrogens with zero attached hydrogens (tertiary/aromatic N) is 2. The topological polar surface area (TPSA) is 59.0 Å². The number of aryl methyl sites for hydroxylation is 2. The lowest BCUT2D eigenvalue weighted by Gasteiger charge is -2.10. The summed E-state index contributed by atoms with van der Waals surface area (Å²) in [7, 11) is 0. The van der Waals surface area contributed by atoms with Gasteiger partial charge in [0.25, 0.3) is 0 Å². The molecule has 5 heteroatoms. The van der Waals surface area contributed by atoms with Crippen LogP contribution in [0.25, 0.3) is 0 Å². The van der Waals surface area contributed by atoms with Crippen molar-refractivity contribution in [3.05, 3.63) is 82.7 Å². The van der Waals surface area contributed by atoms with E-state index in [1.165, 1.54) is 5.56 Å². The Kier molecular flexibility index (Phi) is 5.37. The summed E-state index contributed by atoms with van der Waals surface area (Å²) < 4.78 is 1.99. The van der Waals surface area contributed by atoms with Crippen molar-refractivity contribution in [2.24, 2.45) is 0 Å². The first-order chi connectivity index (χ1) is 12.5. The molecule has 3 rings (SSSR count). The zero-order valence-electron chi connectivity index (χ0n) is 15.4. The number of rotatable bonds is 5. The number of para-hydroxylation sites is 1. The molecule has 0 saturated carbocycles. The summed E-state index contributed by atoms with van der Waals surface area (Å²) in [4.78, 5) is 12.2. The normalized spacial score (nSPS) is 10.6. The Labute approximate surface area is 154 Å². The molecule has 0 saturated heterocycles. The molecule has 0 radical (unpaired) electrons. The van der Waals surface area contributed by atoms with Gasteiger partial charge in [-0.3, -0.25) is 4.68 Å². The zero-order chi connectivity index (χ0) is 18.5. The van der Waals surface area contributed by atoms with E-state index < -0.39 is 0 Å². The van der Waals surface area contributed by atoms with Crippen molar-refractivity contribution in [3.63, 3.8) is 0 Å². The fraction of sp³-hybridized carbons (Fsp3) is 0.238. The van der Waals surface area contributed by atoms with E-state index in [-0.39, 0.29) is 6.03 Å². The molecule has 5 nitrogen and oxygen atoms in total. The highest BCUT2D eigenvalue weighted by Crippen LogP contribution is 2.16. The van der Waals surface area contributed by atoms with E-state index in [9.17, 15) is 4.79 Å². The minimum Gasteiger partial charge on any atom is -0.334 e. The number of carbonyl (C=O) groups is 1. The number of hydrogen-bond donors (Lipinski definition) is 2. The molecular weight excluding hydrogens is 324 g/mol. The maximum Gasteiger partial charge on any atom is 0.319 e. The van der Waals surface area contributed by atoms with Crippen LogP contribution in [0.5, 0.6) is 0 Å². The summed E-state index contributed by atoms with van der Waals surface area (Å²) in [5.74, 6) is 0. The molecule has 3 aromatic rings. The number of hydrogen-bond acceptors (Lipinski definition) is 2. The highest BCUT2D eigenvalue weighted by atomic mass is 16.2. The number of amides is 2. The zero-order valence-corrected chi connectivity index (χ0v) is 15.4. The molecule has 2 aromatic carbocycles. The molecule has 2 N–H and O–H groups in total. The van der Waals surface area contributed by atoms with Crippen molar-refractivity contribution >= 4 is 11.7 Å². The van der Waals surface area contributed by atoms with Crippen molar-refractivity contribution in [2.75, 3.05) is 5.32 Å². The molecule has 0 bridgehead atoms. The molecule has 1 aromatic heterocycles. The number of urea groups is 1.